The summed E-state index contributed by atoms with van der Waals surface area (Å²) in [6.45, 7) is 11.3. The van der Waals surface area contributed by atoms with Gasteiger partial charge in [-0.25, -0.2) is 0 Å². The second-order valence-corrected chi connectivity index (χ2v) is 7.92. The Bertz CT molecular complexity index is 394. The Morgan fingerprint density at radius 1 is 1.42 bits per heavy atom. The monoisotopic (exact) mass is 339 g/mol. The Kier molecular flexibility index (Phi) is 7.82. The van der Waals surface area contributed by atoms with Crippen molar-refractivity contribution in [2.75, 3.05) is 39.4 Å². The zero-order valence-electron chi connectivity index (χ0n) is 15.9. The maximum absolute atomic E-state index is 10.1. The van der Waals surface area contributed by atoms with Crippen molar-refractivity contribution in [1.29, 1.82) is 0 Å². The maximum Gasteiger partial charge on any atom is 0.194 e. The molecular weight excluding hydrogens is 302 g/mol. The molecule has 5 heteroatoms. The smallest absolute Gasteiger partial charge is 0.194 e. The lowest BCUT2D eigenvalue weighted by Crippen LogP contribution is -2.50. The summed E-state index contributed by atoms with van der Waals surface area (Å²) in [5.74, 6) is 1.68. The molecule has 1 aliphatic carbocycles. The zero-order valence-corrected chi connectivity index (χ0v) is 15.9. The van der Waals surface area contributed by atoms with Gasteiger partial charge in [0.15, 0.2) is 5.96 Å². The second-order valence-electron chi connectivity index (χ2n) is 7.92. The Balaban J connectivity index is 1.83. The lowest BCUT2D eigenvalue weighted by Gasteiger charge is -2.42. The largest absolute Gasteiger partial charge is 0.389 e. The van der Waals surface area contributed by atoms with E-state index in [1.165, 1.54) is 38.5 Å². The van der Waals surface area contributed by atoms with Crippen LogP contribution in [-0.4, -0.2) is 61.5 Å². The van der Waals surface area contributed by atoms with Crippen molar-refractivity contribution in [3.05, 3.63) is 0 Å². The molecular formula is C19H37N3O2. The van der Waals surface area contributed by atoms with Crippen molar-refractivity contribution < 1.29 is 9.84 Å². The van der Waals surface area contributed by atoms with Crippen LogP contribution < -0.4 is 5.32 Å². The number of aliphatic imine (C=N–C) groups is 1. The van der Waals surface area contributed by atoms with Crippen LogP contribution in [0.25, 0.3) is 0 Å². The third-order valence-corrected chi connectivity index (χ3v) is 5.08. The van der Waals surface area contributed by atoms with Gasteiger partial charge in [0.05, 0.1) is 19.3 Å². The van der Waals surface area contributed by atoms with E-state index in [4.69, 9.17) is 4.74 Å². The first-order chi connectivity index (χ1) is 11.6. The molecule has 1 aliphatic heterocycles. The average molecular weight is 340 g/mol. The van der Waals surface area contributed by atoms with Crippen molar-refractivity contribution in [3.63, 3.8) is 0 Å². The number of hydrogen-bond acceptors (Lipinski definition) is 3. The minimum atomic E-state index is -0.510. The fourth-order valence-corrected chi connectivity index (χ4v) is 3.63. The van der Waals surface area contributed by atoms with Crippen molar-refractivity contribution in [2.45, 2.75) is 65.4 Å². The van der Waals surface area contributed by atoms with E-state index < -0.39 is 6.10 Å². The average Bonchev–Trinajstić information content (AvgIpc) is 3.35. The molecule has 2 fully saturated rings. The molecule has 0 amide bonds. The van der Waals surface area contributed by atoms with Crippen LogP contribution in [0.15, 0.2) is 4.99 Å². The van der Waals surface area contributed by atoms with Gasteiger partial charge in [0.25, 0.3) is 0 Å². The Morgan fingerprint density at radius 2 is 2.21 bits per heavy atom. The van der Waals surface area contributed by atoms with E-state index in [0.717, 1.165) is 38.1 Å². The van der Waals surface area contributed by atoms with Gasteiger partial charge in [0.2, 0.25) is 0 Å². The lowest BCUT2D eigenvalue weighted by atomic mass is 9.78. The van der Waals surface area contributed by atoms with Gasteiger partial charge in [-0.3, -0.25) is 4.99 Å². The first-order valence-electron chi connectivity index (χ1n) is 9.85. The second kappa shape index (κ2) is 9.62. The minimum Gasteiger partial charge on any atom is -0.389 e. The summed E-state index contributed by atoms with van der Waals surface area (Å²) in [5, 5.41) is 13.5. The first kappa shape index (κ1) is 19.5. The van der Waals surface area contributed by atoms with Crippen molar-refractivity contribution >= 4 is 5.96 Å². The van der Waals surface area contributed by atoms with Gasteiger partial charge in [-0.05, 0) is 50.4 Å². The predicted octanol–water partition coefficient (Wildman–Crippen LogP) is 2.64. The van der Waals surface area contributed by atoms with Gasteiger partial charge in [0.1, 0.15) is 0 Å². The number of nitrogens with one attached hydrogen (secondary N) is 1. The molecule has 2 unspecified atom stereocenters. The number of ether oxygens (including phenoxy) is 1. The summed E-state index contributed by atoms with van der Waals surface area (Å²) in [6, 6.07) is 0. The van der Waals surface area contributed by atoms with Gasteiger partial charge in [-0.1, -0.05) is 20.3 Å². The number of aliphatic hydroxyl groups excluding tert-OH is 1. The van der Waals surface area contributed by atoms with E-state index in [2.05, 4.69) is 36.0 Å². The number of likely N-dealkylation sites (tertiary alicyclic amines) is 1. The predicted molar refractivity (Wildman–Crippen MR) is 99.4 cm³/mol. The summed E-state index contributed by atoms with van der Waals surface area (Å²) in [4.78, 5) is 7.05. The molecule has 2 atom stereocenters. The third-order valence-electron chi connectivity index (χ3n) is 5.08. The summed E-state index contributed by atoms with van der Waals surface area (Å²) in [7, 11) is 0. The molecule has 0 aromatic heterocycles. The van der Waals surface area contributed by atoms with E-state index >= 15 is 0 Å². The van der Waals surface area contributed by atoms with E-state index in [0.29, 0.717) is 18.6 Å². The molecule has 5 nitrogen and oxygen atoms in total. The molecule has 2 N–H and O–H groups in total. The van der Waals surface area contributed by atoms with Gasteiger partial charge in [-0.2, -0.15) is 0 Å². The number of guanidine groups is 1. The topological polar surface area (TPSA) is 57.1 Å². The molecule has 24 heavy (non-hydrogen) atoms. The maximum atomic E-state index is 10.1. The molecule has 0 spiro atoms. The molecule has 1 saturated heterocycles. The highest BCUT2D eigenvalue weighted by Gasteiger charge is 2.31. The zero-order chi connectivity index (χ0) is 17.4. The van der Waals surface area contributed by atoms with Gasteiger partial charge in [-0.15, -0.1) is 0 Å². The fraction of sp³-hybridized carbons (Fsp3) is 0.947. The molecule has 1 heterocycles. The molecule has 140 valence electrons. The van der Waals surface area contributed by atoms with Crippen LogP contribution in [0.1, 0.15) is 59.3 Å². The van der Waals surface area contributed by atoms with Crippen molar-refractivity contribution in [3.8, 4) is 0 Å². The highest BCUT2D eigenvalue weighted by molar-refractivity contribution is 5.80. The van der Waals surface area contributed by atoms with Crippen LogP contribution in [0, 0.1) is 11.3 Å². The molecule has 2 rings (SSSR count). The number of hydrogen-bond donors (Lipinski definition) is 2. The third kappa shape index (κ3) is 6.60. The highest BCUT2D eigenvalue weighted by atomic mass is 16.5. The van der Waals surface area contributed by atoms with E-state index in [9.17, 15) is 5.11 Å². The molecule has 2 aliphatic rings. The van der Waals surface area contributed by atoms with Gasteiger partial charge in [0, 0.05) is 26.2 Å². The number of aliphatic hydroxyl groups is 1. The number of nitrogens with zero attached hydrogens (tertiary/aromatic N) is 2. The van der Waals surface area contributed by atoms with E-state index in [1.807, 2.05) is 0 Å². The first-order valence-corrected chi connectivity index (χ1v) is 9.85. The quantitative estimate of drug-likeness (QED) is 0.501. The Labute approximate surface area is 147 Å². The molecule has 0 aromatic rings. The summed E-state index contributed by atoms with van der Waals surface area (Å²) < 4.78 is 5.57. The molecule has 0 aromatic carbocycles. The molecule has 1 saturated carbocycles. The number of rotatable bonds is 9. The summed E-state index contributed by atoms with van der Waals surface area (Å²) >= 11 is 0. The fourth-order valence-electron chi connectivity index (χ4n) is 3.63. The van der Waals surface area contributed by atoms with E-state index in [-0.39, 0.29) is 0 Å². The summed E-state index contributed by atoms with van der Waals surface area (Å²) in [5.41, 5.74) is 0.384. The highest BCUT2D eigenvalue weighted by Crippen LogP contribution is 2.34. The minimum absolute atomic E-state index is 0.384. The SMILES string of the molecule is CCCC1(C)CCCN(C(=NCC(O)COCC2CC2)NCC)C1. The number of piperidine rings is 1. The molecule has 0 radical (unpaired) electrons. The lowest BCUT2D eigenvalue weighted by molar-refractivity contribution is 0.0366. The Morgan fingerprint density at radius 3 is 2.88 bits per heavy atom. The van der Waals surface area contributed by atoms with Crippen LogP contribution in [0.2, 0.25) is 0 Å². The van der Waals surface area contributed by atoms with Gasteiger partial charge >= 0.3 is 0 Å². The summed E-state index contributed by atoms with van der Waals surface area (Å²) in [6.07, 6.45) is 7.07. The Hall–Kier alpha value is -0.810. The van der Waals surface area contributed by atoms with Crippen LogP contribution in [0.4, 0.5) is 0 Å². The standard InChI is InChI=1S/C19H37N3O2/c1-4-9-19(3)10-6-11-22(15-19)18(20-5-2)21-12-17(23)14-24-13-16-7-8-16/h16-17,23H,4-15H2,1-3H3,(H,20,21). The van der Waals surface area contributed by atoms with Crippen LogP contribution in [-0.2, 0) is 4.74 Å². The van der Waals surface area contributed by atoms with Crippen molar-refractivity contribution in [1.82, 2.24) is 10.2 Å². The molecule has 0 bridgehead atoms. The van der Waals surface area contributed by atoms with Gasteiger partial charge < -0.3 is 20.1 Å². The normalized spacial score (nSPS) is 26.5. The van der Waals surface area contributed by atoms with Crippen LogP contribution in [0.3, 0.4) is 0 Å². The van der Waals surface area contributed by atoms with Crippen LogP contribution >= 0.6 is 0 Å². The van der Waals surface area contributed by atoms with Crippen molar-refractivity contribution in [2.24, 2.45) is 16.3 Å². The van der Waals surface area contributed by atoms with E-state index in [1.54, 1.807) is 0 Å². The van der Waals surface area contributed by atoms with Crippen LogP contribution in [0.5, 0.6) is 0 Å².